The van der Waals surface area contributed by atoms with Crippen LogP contribution in [-0.2, 0) is 42.7 Å². The van der Waals surface area contributed by atoms with Crippen molar-refractivity contribution in [1.29, 1.82) is 0 Å². The van der Waals surface area contributed by atoms with Gasteiger partial charge in [0.05, 0.1) is 10.6 Å². The fourth-order valence-electron chi connectivity index (χ4n) is 7.71. The van der Waals surface area contributed by atoms with Crippen LogP contribution in [0, 0.1) is 12.8 Å². The van der Waals surface area contributed by atoms with Crippen LogP contribution in [0.25, 0.3) is 21.8 Å². The van der Waals surface area contributed by atoms with Gasteiger partial charge < -0.3 is 19.0 Å². The maximum atomic E-state index is 13.0. The van der Waals surface area contributed by atoms with Crippen LogP contribution in [-0.4, -0.2) is 63.6 Å². The topological polar surface area (TPSA) is 93.0 Å². The number of H-pyrrole nitrogens is 1. The van der Waals surface area contributed by atoms with E-state index in [1.807, 2.05) is 37.4 Å². The predicted molar refractivity (Wildman–Crippen MR) is 196 cm³/mol. The van der Waals surface area contributed by atoms with E-state index < -0.39 is 9.84 Å². The molecule has 6 aromatic rings. The molecule has 1 saturated heterocycles. The molecule has 0 amide bonds. The van der Waals surface area contributed by atoms with E-state index in [2.05, 4.69) is 68.6 Å². The Hall–Kier alpha value is -4.47. The number of fused-ring (bicyclic) bond motifs is 4. The summed E-state index contributed by atoms with van der Waals surface area (Å²) in [6.45, 7) is 3.89. The van der Waals surface area contributed by atoms with Crippen LogP contribution in [0.15, 0.2) is 96.3 Å². The zero-order chi connectivity index (χ0) is 34.1. The highest BCUT2D eigenvalue weighted by Gasteiger charge is 2.32. The van der Waals surface area contributed by atoms with Gasteiger partial charge in [-0.2, -0.15) is 0 Å². The standard InChI is InChI=1S/C22H26N2O2S.C18H19N3O/c1-24-12-5-6-19(24)15-18-16-23-22-10-9-17(14-21(18)22)11-13-27(25,26)20-7-3-2-4-8-20;1-12-19-9-10-21(12)11-13-7-8-16-17(18(13)22)14-5-3-4-6-15(14)20(16)2/h2-4,7-10,14,16,19,23H,5-6,11-13,15H2,1H3;3-6,9-10,13H,7-8,11H2,1-2H3/t19-;/m1./s1. The number of Topliss-reactive ketones (excluding diaryl/α,β-unsaturated/α-hetero) is 1. The molecule has 0 saturated carbocycles. The second-order valence-corrected chi connectivity index (χ2v) is 15.8. The van der Waals surface area contributed by atoms with Crippen LogP contribution >= 0.6 is 0 Å². The van der Waals surface area contributed by atoms with Gasteiger partial charge in [0.1, 0.15) is 5.82 Å². The van der Waals surface area contributed by atoms with Gasteiger partial charge in [-0.25, -0.2) is 13.4 Å². The summed E-state index contributed by atoms with van der Waals surface area (Å²) in [7, 11) is 1.02. The number of ketones is 1. The lowest BCUT2D eigenvalue weighted by molar-refractivity contribution is 0.0888. The SMILES string of the molecule is CN1CCC[C@@H]1Cc1c[nH]c2ccc(CCS(=O)(=O)c3ccccc3)cc12.Cc1nccn1CC1CCc2c(c3ccccc3n2C)C1=O. The van der Waals surface area contributed by atoms with Crippen LogP contribution in [0.1, 0.15) is 52.3 Å². The van der Waals surface area contributed by atoms with Crippen molar-refractivity contribution in [3.8, 4) is 0 Å². The van der Waals surface area contributed by atoms with E-state index in [0.29, 0.717) is 17.4 Å². The zero-order valence-corrected chi connectivity index (χ0v) is 29.4. The molecule has 1 unspecified atom stereocenters. The number of carbonyl (C=O) groups excluding carboxylic acids is 1. The lowest BCUT2D eigenvalue weighted by atomic mass is 9.85. The number of aryl methyl sites for hydroxylation is 3. The number of hydrogen-bond donors (Lipinski definition) is 1. The molecule has 254 valence electrons. The van der Waals surface area contributed by atoms with Gasteiger partial charge in [-0.3, -0.25) is 4.79 Å². The summed E-state index contributed by atoms with van der Waals surface area (Å²) in [5, 5.41) is 2.32. The Balaban J connectivity index is 0.000000157. The number of aromatic amines is 1. The average Bonchev–Trinajstić information content (AvgIpc) is 3.89. The van der Waals surface area contributed by atoms with E-state index in [4.69, 9.17) is 0 Å². The van der Waals surface area contributed by atoms with E-state index in [1.54, 1.807) is 30.5 Å². The van der Waals surface area contributed by atoms with Crippen molar-refractivity contribution in [2.24, 2.45) is 13.0 Å². The average molecular weight is 676 g/mol. The van der Waals surface area contributed by atoms with Gasteiger partial charge in [0.25, 0.3) is 0 Å². The summed E-state index contributed by atoms with van der Waals surface area (Å²) in [4.78, 5) is 23.5. The molecular weight excluding hydrogens is 631 g/mol. The molecule has 0 bridgehead atoms. The summed E-state index contributed by atoms with van der Waals surface area (Å²) in [5.74, 6) is 1.43. The van der Waals surface area contributed by atoms with Gasteiger partial charge >= 0.3 is 0 Å². The molecule has 1 aliphatic heterocycles. The number of hydrogen-bond acceptors (Lipinski definition) is 5. The summed E-state index contributed by atoms with van der Waals surface area (Å²) in [5.41, 5.74) is 6.80. The number of benzene rings is 3. The summed E-state index contributed by atoms with van der Waals surface area (Å²) in [6, 6.07) is 23.8. The number of para-hydroxylation sites is 1. The third-order valence-electron chi connectivity index (χ3n) is 10.6. The molecule has 8 nitrogen and oxygen atoms in total. The summed E-state index contributed by atoms with van der Waals surface area (Å²) in [6.07, 6.45) is 11.8. The third-order valence-corrected chi connectivity index (χ3v) is 12.4. The lowest BCUT2D eigenvalue weighted by Crippen LogP contribution is -2.27. The van der Waals surface area contributed by atoms with Crippen LogP contribution in [0.5, 0.6) is 0 Å². The van der Waals surface area contributed by atoms with Gasteiger partial charge in [-0.05, 0) is 100 Å². The Morgan fingerprint density at radius 3 is 2.51 bits per heavy atom. The first-order valence-electron chi connectivity index (χ1n) is 17.3. The molecule has 4 heterocycles. The summed E-state index contributed by atoms with van der Waals surface area (Å²) < 4.78 is 29.3. The van der Waals surface area contributed by atoms with Gasteiger partial charge in [-0.15, -0.1) is 0 Å². The Morgan fingerprint density at radius 1 is 0.959 bits per heavy atom. The highest BCUT2D eigenvalue weighted by Crippen LogP contribution is 2.34. The Kier molecular flexibility index (Phi) is 9.31. The molecular formula is C40H45N5O3S. The largest absolute Gasteiger partial charge is 0.361 e. The van der Waals surface area contributed by atoms with Gasteiger partial charge in [0.15, 0.2) is 15.6 Å². The molecule has 8 rings (SSSR count). The van der Waals surface area contributed by atoms with Crippen LogP contribution in [0.2, 0.25) is 0 Å². The van der Waals surface area contributed by atoms with Gasteiger partial charge in [0, 0.05) is 77.2 Å². The Labute approximate surface area is 288 Å². The number of rotatable bonds is 8. The molecule has 0 radical (unpaired) electrons. The number of likely N-dealkylation sites (N-methyl/N-ethyl adjacent to an activating group) is 1. The zero-order valence-electron chi connectivity index (χ0n) is 28.6. The minimum absolute atomic E-state index is 0.0474. The van der Waals surface area contributed by atoms with E-state index in [1.165, 1.54) is 36.0 Å². The van der Waals surface area contributed by atoms with Gasteiger partial charge in [-0.1, -0.05) is 42.5 Å². The minimum Gasteiger partial charge on any atom is -0.361 e. The van der Waals surface area contributed by atoms with Crippen molar-refractivity contribution in [1.82, 2.24) is 24.0 Å². The Morgan fingerprint density at radius 2 is 1.76 bits per heavy atom. The van der Waals surface area contributed by atoms with E-state index in [-0.39, 0.29) is 17.5 Å². The number of aromatic nitrogens is 4. The molecule has 9 heteroatoms. The monoisotopic (exact) mass is 675 g/mol. The van der Waals surface area contributed by atoms with Crippen molar-refractivity contribution < 1.29 is 13.2 Å². The van der Waals surface area contributed by atoms with E-state index >= 15 is 0 Å². The van der Waals surface area contributed by atoms with Crippen LogP contribution < -0.4 is 0 Å². The second kappa shape index (κ2) is 13.8. The second-order valence-electron chi connectivity index (χ2n) is 13.7. The van der Waals surface area contributed by atoms with Gasteiger partial charge in [0.2, 0.25) is 0 Å². The highest BCUT2D eigenvalue weighted by atomic mass is 32.2. The van der Waals surface area contributed by atoms with Crippen LogP contribution in [0.4, 0.5) is 0 Å². The first-order chi connectivity index (χ1) is 23.7. The fraction of sp³-hybridized carbons (Fsp3) is 0.350. The molecule has 1 N–H and O–H groups in total. The first-order valence-corrected chi connectivity index (χ1v) is 19.0. The number of likely N-dealkylation sites (tertiary alicyclic amines) is 1. The molecule has 2 atom stereocenters. The minimum atomic E-state index is -3.25. The maximum absolute atomic E-state index is 13.0. The van der Waals surface area contributed by atoms with Crippen molar-refractivity contribution in [3.63, 3.8) is 0 Å². The number of sulfone groups is 1. The lowest BCUT2D eigenvalue weighted by Gasteiger charge is -2.23. The number of nitrogens with zero attached hydrogens (tertiary/aromatic N) is 4. The van der Waals surface area contributed by atoms with Crippen molar-refractivity contribution in [2.45, 2.75) is 62.9 Å². The van der Waals surface area contributed by atoms with Crippen molar-refractivity contribution in [2.75, 3.05) is 19.3 Å². The molecule has 1 aliphatic carbocycles. The fourth-order valence-corrected chi connectivity index (χ4v) is 9.02. The van der Waals surface area contributed by atoms with Crippen molar-refractivity contribution in [3.05, 3.63) is 120 Å². The van der Waals surface area contributed by atoms with E-state index in [9.17, 15) is 13.2 Å². The predicted octanol–water partition coefficient (Wildman–Crippen LogP) is 6.95. The third kappa shape index (κ3) is 6.74. The molecule has 3 aromatic heterocycles. The number of carbonyl (C=O) groups is 1. The summed E-state index contributed by atoms with van der Waals surface area (Å²) >= 11 is 0. The van der Waals surface area contributed by atoms with Crippen molar-refractivity contribution >= 4 is 37.4 Å². The molecule has 49 heavy (non-hydrogen) atoms. The number of nitrogens with one attached hydrogen (secondary N) is 1. The maximum Gasteiger partial charge on any atom is 0.178 e. The normalized spacial score (nSPS) is 18.1. The molecule has 0 spiro atoms. The van der Waals surface area contributed by atoms with E-state index in [0.717, 1.165) is 59.2 Å². The number of imidazole rings is 1. The Bertz CT molecular complexity index is 2210. The first kappa shape index (κ1) is 33.0. The quantitative estimate of drug-likeness (QED) is 0.189. The molecule has 2 aliphatic rings. The molecule has 1 fully saturated rings. The highest BCUT2D eigenvalue weighted by molar-refractivity contribution is 7.91. The van der Waals surface area contributed by atoms with Crippen LogP contribution in [0.3, 0.4) is 0 Å². The smallest absolute Gasteiger partial charge is 0.178 e. The molecule has 3 aromatic carbocycles.